The summed E-state index contributed by atoms with van der Waals surface area (Å²) in [6.45, 7) is 1.92. The Morgan fingerprint density at radius 1 is 1.12 bits per heavy atom. The zero-order valence-electron chi connectivity index (χ0n) is 17.8. The van der Waals surface area contributed by atoms with Gasteiger partial charge in [0.05, 0.1) is 23.0 Å². The van der Waals surface area contributed by atoms with Gasteiger partial charge in [0.25, 0.3) is 5.69 Å². The number of ether oxygens (including phenoxy) is 1. The van der Waals surface area contributed by atoms with Crippen molar-refractivity contribution in [1.82, 2.24) is 5.32 Å². The Balaban J connectivity index is 1.70. The number of Topliss-reactive ketones (excluding diaryl/α,β-unsaturated/α-hetero) is 1. The first kappa shape index (κ1) is 21.5. The third-order valence-corrected chi connectivity index (χ3v) is 5.91. The van der Waals surface area contributed by atoms with E-state index in [1.165, 1.54) is 6.07 Å². The molecule has 2 aliphatic rings. The van der Waals surface area contributed by atoms with Crippen molar-refractivity contribution in [3.63, 3.8) is 0 Å². The lowest BCUT2D eigenvalue weighted by Gasteiger charge is -2.33. The molecule has 2 aromatic carbocycles. The Morgan fingerprint density at radius 2 is 1.84 bits per heavy atom. The van der Waals surface area contributed by atoms with Crippen molar-refractivity contribution in [2.75, 3.05) is 6.61 Å². The van der Waals surface area contributed by atoms with Gasteiger partial charge in [-0.15, -0.1) is 0 Å². The number of nitrogens with one attached hydrogen (secondary N) is 1. The van der Waals surface area contributed by atoms with Gasteiger partial charge in [-0.3, -0.25) is 14.9 Å². The summed E-state index contributed by atoms with van der Waals surface area (Å²) >= 11 is 0. The van der Waals surface area contributed by atoms with Crippen molar-refractivity contribution in [3.8, 4) is 0 Å². The Hall–Kier alpha value is -3.74. The van der Waals surface area contributed by atoms with E-state index in [4.69, 9.17) is 4.74 Å². The number of carbonyl (C=O) groups is 2. The maximum Gasteiger partial charge on any atom is 0.336 e. The number of rotatable bonds is 6. The van der Waals surface area contributed by atoms with Gasteiger partial charge in [0.15, 0.2) is 5.78 Å². The van der Waals surface area contributed by atoms with E-state index in [0.29, 0.717) is 42.5 Å². The lowest BCUT2D eigenvalue weighted by atomic mass is 9.75. The molecule has 1 aliphatic carbocycles. The SMILES string of the molecule is CC1=C(C(=O)OCCc2ccccc2)[C@@H](c2ccccc2[N+](=O)[O-])C2=C(CCCC2=O)N1. The number of nitro benzene ring substituents is 1. The molecule has 32 heavy (non-hydrogen) atoms. The molecule has 1 heterocycles. The van der Waals surface area contributed by atoms with Crippen molar-refractivity contribution in [2.24, 2.45) is 0 Å². The highest BCUT2D eigenvalue weighted by Gasteiger charge is 2.41. The van der Waals surface area contributed by atoms with E-state index in [0.717, 1.165) is 11.3 Å². The van der Waals surface area contributed by atoms with Gasteiger partial charge in [0.2, 0.25) is 0 Å². The number of ketones is 1. The first-order chi connectivity index (χ1) is 15.5. The second-order valence-electron chi connectivity index (χ2n) is 7.95. The van der Waals surface area contributed by atoms with E-state index < -0.39 is 16.8 Å². The number of para-hydroxylation sites is 1. The van der Waals surface area contributed by atoms with Gasteiger partial charge in [0.1, 0.15) is 0 Å². The second-order valence-corrected chi connectivity index (χ2v) is 7.95. The molecule has 2 aromatic rings. The normalized spacial score (nSPS) is 18.2. The summed E-state index contributed by atoms with van der Waals surface area (Å²) in [5, 5.41) is 15.0. The van der Waals surface area contributed by atoms with Crippen molar-refractivity contribution in [2.45, 2.75) is 38.5 Å². The number of esters is 1. The van der Waals surface area contributed by atoms with Gasteiger partial charge in [-0.1, -0.05) is 48.5 Å². The van der Waals surface area contributed by atoms with Crippen LogP contribution in [-0.4, -0.2) is 23.3 Å². The maximum absolute atomic E-state index is 13.2. The fourth-order valence-corrected chi connectivity index (χ4v) is 4.45. The predicted molar refractivity (Wildman–Crippen MR) is 119 cm³/mol. The quantitative estimate of drug-likeness (QED) is 0.414. The largest absolute Gasteiger partial charge is 0.462 e. The van der Waals surface area contributed by atoms with Gasteiger partial charge in [0, 0.05) is 41.4 Å². The highest BCUT2D eigenvalue weighted by molar-refractivity contribution is 6.04. The summed E-state index contributed by atoms with van der Waals surface area (Å²) in [6.07, 6.45) is 2.27. The Kier molecular flexibility index (Phi) is 6.16. The molecule has 7 nitrogen and oxygen atoms in total. The van der Waals surface area contributed by atoms with Crippen LogP contribution in [0.15, 0.2) is 77.1 Å². The number of carbonyl (C=O) groups excluding carboxylic acids is 2. The third kappa shape index (κ3) is 4.19. The minimum atomic E-state index is -0.829. The molecule has 0 saturated heterocycles. The van der Waals surface area contributed by atoms with E-state index >= 15 is 0 Å². The number of dihydropyridines is 1. The Morgan fingerprint density at radius 3 is 2.59 bits per heavy atom. The molecule has 0 bridgehead atoms. The smallest absolute Gasteiger partial charge is 0.336 e. The molecule has 0 aromatic heterocycles. The van der Waals surface area contributed by atoms with Crippen LogP contribution in [0.2, 0.25) is 0 Å². The van der Waals surface area contributed by atoms with Gasteiger partial charge in [-0.05, 0) is 25.3 Å². The van der Waals surface area contributed by atoms with Crippen LogP contribution in [-0.2, 0) is 20.7 Å². The van der Waals surface area contributed by atoms with E-state index in [-0.39, 0.29) is 23.7 Å². The average molecular weight is 432 g/mol. The molecule has 0 fully saturated rings. The standard InChI is InChI=1S/C25H24N2O5/c1-16-22(25(29)32-15-14-17-8-3-2-4-9-17)23(18-10-5-6-12-20(18)27(30)31)24-19(26-16)11-7-13-21(24)28/h2-6,8-10,12,23,26H,7,11,13-15H2,1H3/t23-/m1/s1. The molecule has 1 atom stereocenters. The summed E-state index contributed by atoms with van der Waals surface area (Å²) < 4.78 is 5.58. The number of hydrogen-bond acceptors (Lipinski definition) is 6. The summed E-state index contributed by atoms with van der Waals surface area (Å²) in [7, 11) is 0. The predicted octanol–water partition coefficient (Wildman–Crippen LogP) is 4.35. The van der Waals surface area contributed by atoms with Crippen LogP contribution in [0, 0.1) is 10.1 Å². The molecule has 0 saturated carbocycles. The highest BCUT2D eigenvalue weighted by atomic mass is 16.6. The van der Waals surface area contributed by atoms with Crippen molar-refractivity contribution in [3.05, 3.63) is 98.4 Å². The number of allylic oxidation sites excluding steroid dienone is 3. The summed E-state index contributed by atoms with van der Waals surface area (Å²) in [6, 6.07) is 15.9. The van der Waals surface area contributed by atoms with Crippen LogP contribution in [0.1, 0.15) is 43.2 Å². The van der Waals surface area contributed by atoms with Crippen molar-refractivity contribution >= 4 is 17.4 Å². The van der Waals surface area contributed by atoms with Gasteiger partial charge in [-0.25, -0.2) is 4.79 Å². The van der Waals surface area contributed by atoms with Crippen LogP contribution >= 0.6 is 0 Å². The lowest BCUT2D eigenvalue weighted by molar-refractivity contribution is -0.385. The Labute approximate surface area is 185 Å². The molecule has 0 spiro atoms. The van der Waals surface area contributed by atoms with Gasteiger partial charge < -0.3 is 10.1 Å². The minimum absolute atomic E-state index is 0.0935. The lowest BCUT2D eigenvalue weighted by Crippen LogP contribution is -2.34. The molecule has 4 rings (SSSR count). The summed E-state index contributed by atoms with van der Waals surface area (Å²) in [4.78, 5) is 37.4. The molecule has 0 radical (unpaired) electrons. The monoisotopic (exact) mass is 432 g/mol. The second kappa shape index (κ2) is 9.18. The van der Waals surface area contributed by atoms with E-state index in [9.17, 15) is 19.7 Å². The summed E-state index contributed by atoms with van der Waals surface area (Å²) in [5.41, 5.74) is 3.24. The average Bonchev–Trinajstić information content (AvgIpc) is 2.79. The molecule has 1 N–H and O–H groups in total. The van der Waals surface area contributed by atoms with Gasteiger partial charge >= 0.3 is 5.97 Å². The van der Waals surface area contributed by atoms with Crippen LogP contribution in [0.4, 0.5) is 5.69 Å². The minimum Gasteiger partial charge on any atom is -0.462 e. The van der Waals surface area contributed by atoms with Crippen LogP contribution in [0.3, 0.4) is 0 Å². The van der Waals surface area contributed by atoms with E-state index in [2.05, 4.69) is 5.32 Å². The maximum atomic E-state index is 13.2. The first-order valence-electron chi connectivity index (χ1n) is 10.7. The zero-order valence-corrected chi connectivity index (χ0v) is 17.8. The zero-order chi connectivity index (χ0) is 22.7. The number of hydrogen-bond donors (Lipinski definition) is 1. The van der Waals surface area contributed by atoms with Crippen LogP contribution in [0.5, 0.6) is 0 Å². The summed E-state index contributed by atoms with van der Waals surface area (Å²) in [5.74, 6) is -1.49. The fraction of sp³-hybridized carbons (Fsp3) is 0.280. The van der Waals surface area contributed by atoms with Crippen LogP contribution in [0.25, 0.3) is 0 Å². The van der Waals surface area contributed by atoms with Gasteiger partial charge in [-0.2, -0.15) is 0 Å². The number of nitro groups is 1. The first-order valence-corrected chi connectivity index (χ1v) is 10.7. The highest BCUT2D eigenvalue weighted by Crippen LogP contribution is 2.45. The van der Waals surface area contributed by atoms with E-state index in [1.807, 2.05) is 30.3 Å². The molecule has 164 valence electrons. The topological polar surface area (TPSA) is 98.5 Å². The van der Waals surface area contributed by atoms with E-state index in [1.54, 1.807) is 25.1 Å². The molecule has 0 unspecified atom stereocenters. The molecule has 7 heteroatoms. The van der Waals surface area contributed by atoms with Crippen molar-refractivity contribution < 1.29 is 19.2 Å². The number of nitrogens with zero attached hydrogens (tertiary/aromatic N) is 1. The Bertz CT molecular complexity index is 1130. The fourth-order valence-electron chi connectivity index (χ4n) is 4.45. The number of benzene rings is 2. The molecule has 1 aliphatic heterocycles. The molecule has 0 amide bonds. The van der Waals surface area contributed by atoms with Crippen LogP contribution < -0.4 is 5.32 Å². The molecular formula is C25H24N2O5. The third-order valence-electron chi connectivity index (χ3n) is 5.91. The van der Waals surface area contributed by atoms with Crippen molar-refractivity contribution in [1.29, 1.82) is 0 Å². The molecular weight excluding hydrogens is 408 g/mol.